The first-order valence-electron chi connectivity index (χ1n) is 12.4. The van der Waals surface area contributed by atoms with Gasteiger partial charge < -0.3 is 13.9 Å². The molecule has 3 aromatic rings. The predicted octanol–water partition coefficient (Wildman–Crippen LogP) is 8.61. The van der Waals surface area contributed by atoms with E-state index in [1.807, 2.05) is 51.0 Å². The van der Waals surface area contributed by atoms with E-state index in [9.17, 15) is 0 Å². The first kappa shape index (κ1) is 45.9. The monoisotopic (exact) mass is 554 g/mol. The molecule has 3 aromatic heterocycles. The fourth-order valence-electron chi connectivity index (χ4n) is 2.79. The molecule has 0 aliphatic carbocycles. The average molecular weight is 554 g/mol. The van der Waals surface area contributed by atoms with E-state index in [0.29, 0.717) is 6.10 Å². The van der Waals surface area contributed by atoms with E-state index >= 15 is 0 Å². The zero-order valence-electron chi connectivity index (χ0n) is 22.3. The number of hydrogen-bond acceptors (Lipinski definition) is 7. The SMILES string of the molecule is C.C.C.C.C.CCC1CC(C)=NO1.CCc1cc(C)no1.CCc1cn(CC)cn1.CCc1cn(CC)nn1. The average Bonchev–Trinajstić information content (AvgIpc) is 3.67. The van der Waals surface area contributed by atoms with Crippen molar-refractivity contribution < 1.29 is 9.36 Å². The fraction of sp³-hybridized carbons (Fsp3) is 0.700. The number of aryl methyl sites for hydroxylation is 6. The number of imidazole rings is 1. The molecule has 0 radical (unpaired) electrons. The first-order chi connectivity index (χ1) is 16.4. The lowest BCUT2D eigenvalue weighted by Crippen LogP contribution is -2.03. The molecule has 9 heteroatoms. The van der Waals surface area contributed by atoms with Crippen molar-refractivity contribution in [2.75, 3.05) is 0 Å². The van der Waals surface area contributed by atoms with Crippen LogP contribution in [-0.2, 0) is 37.2 Å². The largest absolute Gasteiger partial charge is 0.392 e. The van der Waals surface area contributed by atoms with Crippen molar-refractivity contribution in [3.05, 3.63) is 47.6 Å². The van der Waals surface area contributed by atoms with Gasteiger partial charge in [0.15, 0.2) is 0 Å². The number of rotatable bonds is 6. The van der Waals surface area contributed by atoms with Gasteiger partial charge in [-0.05, 0) is 47.0 Å². The number of aromatic nitrogens is 6. The summed E-state index contributed by atoms with van der Waals surface area (Å²) >= 11 is 0. The van der Waals surface area contributed by atoms with Gasteiger partial charge in [-0.1, -0.05) is 80.4 Å². The van der Waals surface area contributed by atoms with Gasteiger partial charge in [0.05, 0.1) is 29.1 Å². The van der Waals surface area contributed by atoms with Gasteiger partial charge in [-0.3, -0.25) is 4.68 Å². The first-order valence-corrected chi connectivity index (χ1v) is 12.4. The molecular formula is C30H63N7O2. The maximum Gasteiger partial charge on any atom is 0.136 e. The third-order valence-electron chi connectivity index (χ3n) is 5.05. The van der Waals surface area contributed by atoms with Crippen LogP contribution in [0.5, 0.6) is 0 Å². The van der Waals surface area contributed by atoms with Crippen molar-refractivity contribution in [2.24, 2.45) is 5.16 Å². The van der Waals surface area contributed by atoms with Gasteiger partial charge in [0, 0.05) is 44.4 Å². The number of oxime groups is 1. The van der Waals surface area contributed by atoms with E-state index in [1.165, 1.54) is 5.69 Å². The van der Waals surface area contributed by atoms with Crippen LogP contribution in [0.3, 0.4) is 0 Å². The minimum absolute atomic E-state index is 0. The molecule has 0 saturated carbocycles. The molecule has 1 unspecified atom stereocenters. The maximum absolute atomic E-state index is 5.00. The molecule has 1 aliphatic heterocycles. The minimum Gasteiger partial charge on any atom is -0.392 e. The maximum atomic E-state index is 5.00. The highest BCUT2D eigenvalue weighted by atomic mass is 16.6. The molecule has 0 fully saturated rings. The molecule has 0 aromatic carbocycles. The summed E-state index contributed by atoms with van der Waals surface area (Å²) < 4.78 is 8.78. The number of nitrogens with zero attached hydrogens (tertiary/aromatic N) is 7. The Balaban J connectivity index is -0.000000126. The Morgan fingerprint density at radius 3 is 1.74 bits per heavy atom. The molecule has 0 N–H and O–H groups in total. The van der Waals surface area contributed by atoms with Gasteiger partial charge in [0.25, 0.3) is 0 Å². The van der Waals surface area contributed by atoms with Crippen LogP contribution in [0.1, 0.15) is 121 Å². The predicted molar refractivity (Wildman–Crippen MR) is 170 cm³/mol. The molecule has 39 heavy (non-hydrogen) atoms. The lowest BCUT2D eigenvalue weighted by Gasteiger charge is -2.00. The van der Waals surface area contributed by atoms with Crippen LogP contribution in [0.2, 0.25) is 0 Å². The Morgan fingerprint density at radius 1 is 0.846 bits per heavy atom. The summed E-state index contributed by atoms with van der Waals surface area (Å²) in [5, 5.41) is 15.3. The summed E-state index contributed by atoms with van der Waals surface area (Å²) in [4.78, 5) is 9.17. The molecule has 9 nitrogen and oxygen atoms in total. The summed E-state index contributed by atoms with van der Waals surface area (Å²) in [7, 11) is 0. The van der Waals surface area contributed by atoms with E-state index < -0.39 is 0 Å². The molecule has 1 atom stereocenters. The van der Waals surface area contributed by atoms with Crippen LogP contribution in [0.25, 0.3) is 0 Å². The molecule has 0 spiro atoms. The molecule has 0 saturated heterocycles. The summed E-state index contributed by atoms with van der Waals surface area (Å²) in [5.41, 5.74) is 4.33. The second kappa shape index (κ2) is 26.6. The topological polar surface area (TPSA) is 96.2 Å². The summed E-state index contributed by atoms with van der Waals surface area (Å²) in [6, 6.07) is 1.94. The highest BCUT2D eigenvalue weighted by molar-refractivity contribution is 5.82. The summed E-state index contributed by atoms with van der Waals surface area (Å²) in [5.74, 6) is 0.961. The van der Waals surface area contributed by atoms with Crippen LogP contribution in [0.15, 0.2) is 34.5 Å². The molecular weight excluding hydrogens is 490 g/mol. The molecule has 0 amide bonds. The zero-order chi connectivity index (χ0) is 25.3. The smallest absolute Gasteiger partial charge is 0.136 e. The second-order valence-electron chi connectivity index (χ2n) is 7.92. The van der Waals surface area contributed by atoms with Gasteiger partial charge in [-0.25, -0.2) is 4.98 Å². The van der Waals surface area contributed by atoms with E-state index in [4.69, 9.17) is 9.36 Å². The minimum atomic E-state index is 0. The quantitative estimate of drug-likeness (QED) is 0.303. The van der Waals surface area contributed by atoms with Crippen molar-refractivity contribution in [1.82, 2.24) is 29.7 Å². The fourth-order valence-corrected chi connectivity index (χ4v) is 2.79. The van der Waals surface area contributed by atoms with Gasteiger partial charge in [0.2, 0.25) is 0 Å². The van der Waals surface area contributed by atoms with Crippen molar-refractivity contribution >= 4 is 5.71 Å². The normalized spacial score (nSPS) is 12.2. The molecule has 4 heterocycles. The highest BCUT2D eigenvalue weighted by Crippen LogP contribution is 2.12. The van der Waals surface area contributed by atoms with Crippen LogP contribution < -0.4 is 0 Å². The third-order valence-corrected chi connectivity index (χ3v) is 5.05. The summed E-state index contributed by atoms with van der Waals surface area (Å²) in [6.07, 6.45) is 11.3. The number of hydrogen-bond donors (Lipinski definition) is 0. The van der Waals surface area contributed by atoms with Gasteiger partial charge >= 0.3 is 0 Å². The van der Waals surface area contributed by atoms with Crippen LogP contribution >= 0.6 is 0 Å². The van der Waals surface area contributed by atoms with Crippen molar-refractivity contribution in [1.29, 1.82) is 0 Å². The van der Waals surface area contributed by atoms with Crippen molar-refractivity contribution in [2.45, 2.75) is 144 Å². The van der Waals surface area contributed by atoms with Crippen LogP contribution in [-0.4, -0.2) is 41.5 Å². The Kier molecular flexibility index (Phi) is 31.4. The standard InChI is InChI=1S/C7H12N2.C6H11N3.C6H11NO.C6H9NO.5CH4/c1-3-7-5-9(4-2)6-8-7;1-3-6-5-9(4-2)8-7-6;2*1-3-6-4-5(2)7-8-6;;;;;/h5-6H,3-4H2,1-2H3;5H,3-4H2,1-2H3;6H,3-4H2,1-2H3;4H,3H2,1-2H3;5*1H4. The van der Waals surface area contributed by atoms with Crippen LogP contribution in [0.4, 0.5) is 0 Å². The van der Waals surface area contributed by atoms with E-state index in [0.717, 1.165) is 68.1 Å². The third kappa shape index (κ3) is 18.8. The Labute approximate surface area is 241 Å². The lowest BCUT2D eigenvalue weighted by molar-refractivity contribution is 0.0829. The van der Waals surface area contributed by atoms with Gasteiger partial charge in [-0.15, -0.1) is 5.10 Å². The van der Waals surface area contributed by atoms with Gasteiger partial charge in [-0.2, -0.15) is 0 Å². The highest BCUT2D eigenvalue weighted by Gasteiger charge is 2.14. The molecule has 0 bridgehead atoms. The molecule has 230 valence electrons. The Hall–Kier alpha value is -2.97. The van der Waals surface area contributed by atoms with E-state index in [-0.39, 0.29) is 37.1 Å². The van der Waals surface area contributed by atoms with Crippen LogP contribution in [0, 0.1) is 6.92 Å². The van der Waals surface area contributed by atoms with Crippen molar-refractivity contribution in [3.8, 4) is 0 Å². The van der Waals surface area contributed by atoms with Crippen molar-refractivity contribution in [3.63, 3.8) is 0 Å². The molecule has 4 rings (SSSR count). The second-order valence-corrected chi connectivity index (χ2v) is 7.92. The van der Waals surface area contributed by atoms with Gasteiger partial charge in [0.1, 0.15) is 11.9 Å². The zero-order valence-corrected chi connectivity index (χ0v) is 22.3. The van der Waals surface area contributed by atoms with E-state index in [2.05, 4.69) is 64.1 Å². The molecule has 1 aliphatic rings. The lowest BCUT2D eigenvalue weighted by atomic mass is 10.2. The Bertz CT molecular complexity index is 865. The Morgan fingerprint density at radius 2 is 1.49 bits per heavy atom. The summed E-state index contributed by atoms with van der Waals surface area (Å²) in [6.45, 7) is 18.3. The van der Waals surface area contributed by atoms with E-state index in [1.54, 1.807) is 0 Å².